The summed E-state index contributed by atoms with van der Waals surface area (Å²) in [6.45, 7) is 1.96. The minimum atomic E-state index is -0.467. The number of hydrogen-bond donors (Lipinski definition) is 2. The predicted molar refractivity (Wildman–Crippen MR) is 99.6 cm³/mol. The number of H-pyrrole nitrogens is 1. The third-order valence-corrected chi connectivity index (χ3v) is 5.42. The van der Waals surface area contributed by atoms with Crippen molar-refractivity contribution in [2.45, 2.75) is 37.6 Å². The Morgan fingerprint density at radius 2 is 2.04 bits per heavy atom. The number of hydrogen-bond acceptors (Lipinski definition) is 2. The molecular weight excluding hydrogens is 334 g/mol. The molecule has 2 N–H and O–H groups in total. The van der Waals surface area contributed by atoms with Gasteiger partial charge in [-0.15, -0.1) is 0 Å². The number of benzene rings is 2. The number of nitrogens with zero attached hydrogens (tertiary/aromatic N) is 1. The van der Waals surface area contributed by atoms with Gasteiger partial charge < -0.3 is 10.3 Å². The van der Waals surface area contributed by atoms with Crippen molar-refractivity contribution in [1.29, 1.82) is 0 Å². The fourth-order valence-electron chi connectivity index (χ4n) is 3.54. The first-order chi connectivity index (χ1) is 12.1. The molecule has 0 spiro atoms. The van der Waals surface area contributed by atoms with E-state index in [0.29, 0.717) is 5.02 Å². The van der Waals surface area contributed by atoms with Crippen molar-refractivity contribution in [2.24, 2.45) is 0 Å². The summed E-state index contributed by atoms with van der Waals surface area (Å²) in [5.41, 5.74) is 2.42. The Morgan fingerprint density at radius 1 is 1.24 bits per heavy atom. The Balaban J connectivity index is 1.57. The van der Waals surface area contributed by atoms with Gasteiger partial charge in [-0.2, -0.15) is 0 Å². The third-order valence-electron chi connectivity index (χ3n) is 5.18. The summed E-state index contributed by atoms with van der Waals surface area (Å²) in [5, 5.41) is 3.81. The molecule has 1 amide bonds. The number of aromatic nitrogens is 2. The molecule has 5 heteroatoms. The first kappa shape index (κ1) is 16.2. The zero-order valence-corrected chi connectivity index (χ0v) is 14.8. The van der Waals surface area contributed by atoms with Crippen LogP contribution in [0.25, 0.3) is 11.0 Å². The Kier molecular flexibility index (Phi) is 4.00. The molecule has 3 aromatic rings. The number of carbonyl (C=O) groups excluding carboxylic acids is 1. The molecule has 1 atom stereocenters. The summed E-state index contributed by atoms with van der Waals surface area (Å²) in [7, 11) is 0. The number of rotatable bonds is 4. The molecule has 2 aromatic carbocycles. The molecule has 1 saturated carbocycles. The van der Waals surface area contributed by atoms with E-state index in [1.807, 2.05) is 55.5 Å². The highest BCUT2D eigenvalue weighted by molar-refractivity contribution is 6.30. The van der Waals surface area contributed by atoms with Crippen LogP contribution in [0.5, 0.6) is 0 Å². The van der Waals surface area contributed by atoms with Gasteiger partial charge in [0.1, 0.15) is 5.82 Å². The Bertz CT molecular complexity index is 896. The molecule has 1 fully saturated rings. The molecule has 4 rings (SSSR count). The normalized spacial score (nSPS) is 17.0. The molecule has 1 aliphatic rings. The van der Waals surface area contributed by atoms with Crippen LogP contribution in [0.2, 0.25) is 5.02 Å². The van der Waals surface area contributed by atoms with Crippen molar-refractivity contribution >= 4 is 28.5 Å². The standard InChI is InChI=1S/C20H20ClN3O/c1-13(18-23-16-8-2-3-9-17(16)24-18)22-19(25)20(10-5-11-20)14-6-4-7-15(21)12-14/h2-4,6-9,12-13H,5,10-11H2,1H3,(H,22,25)(H,23,24). The zero-order chi connectivity index (χ0) is 17.4. The number of imidazole rings is 1. The van der Waals surface area contributed by atoms with E-state index in [1.54, 1.807) is 0 Å². The molecule has 1 aliphatic carbocycles. The molecule has 25 heavy (non-hydrogen) atoms. The largest absolute Gasteiger partial charge is 0.346 e. The molecule has 4 nitrogen and oxygen atoms in total. The van der Waals surface area contributed by atoms with Gasteiger partial charge in [0, 0.05) is 5.02 Å². The molecule has 0 radical (unpaired) electrons. The van der Waals surface area contributed by atoms with Crippen LogP contribution in [0.15, 0.2) is 48.5 Å². The minimum absolute atomic E-state index is 0.0500. The first-order valence-corrected chi connectivity index (χ1v) is 8.98. The fourth-order valence-corrected chi connectivity index (χ4v) is 3.73. The fraction of sp³-hybridized carbons (Fsp3) is 0.300. The first-order valence-electron chi connectivity index (χ1n) is 8.60. The Hall–Kier alpha value is -2.33. The number of halogens is 1. The van der Waals surface area contributed by atoms with Crippen LogP contribution in [0.3, 0.4) is 0 Å². The van der Waals surface area contributed by atoms with Gasteiger partial charge in [-0.3, -0.25) is 4.79 Å². The second-order valence-corrected chi connectivity index (χ2v) is 7.22. The van der Waals surface area contributed by atoms with Crippen molar-refractivity contribution in [3.63, 3.8) is 0 Å². The molecule has 128 valence electrons. The lowest BCUT2D eigenvalue weighted by Crippen LogP contribution is -2.49. The molecule has 1 heterocycles. The Labute approximate surface area is 151 Å². The summed E-state index contributed by atoms with van der Waals surface area (Å²) < 4.78 is 0. The van der Waals surface area contributed by atoms with E-state index in [9.17, 15) is 4.79 Å². The van der Waals surface area contributed by atoms with E-state index in [2.05, 4.69) is 15.3 Å². The highest BCUT2D eigenvalue weighted by Crippen LogP contribution is 2.44. The molecule has 0 bridgehead atoms. The summed E-state index contributed by atoms with van der Waals surface area (Å²) in [4.78, 5) is 20.9. The molecule has 1 unspecified atom stereocenters. The quantitative estimate of drug-likeness (QED) is 0.724. The van der Waals surface area contributed by atoms with Crippen molar-refractivity contribution in [3.8, 4) is 0 Å². The molecule has 0 aliphatic heterocycles. The van der Waals surface area contributed by atoms with Crippen molar-refractivity contribution in [1.82, 2.24) is 15.3 Å². The maximum absolute atomic E-state index is 13.1. The summed E-state index contributed by atoms with van der Waals surface area (Å²) >= 11 is 6.14. The van der Waals surface area contributed by atoms with E-state index in [0.717, 1.165) is 41.7 Å². The van der Waals surface area contributed by atoms with Crippen LogP contribution < -0.4 is 5.32 Å². The van der Waals surface area contributed by atoms with Gasteiger partial charge in [-0.1, -0.05) is 42.3 Å². The number of para-hydroxylation sites is 2. The van der Waals surface area contributed by atoms with Gasteiger partial charge in [-0.25, -0.2) is 4.98 Å². The number of amides is 1. The van der Waals surface area contributed by atoms with E-state index in [1.165, 1.54) is 0 Å². The van der Waals surface area contributed by atoms with E-state index < -0.39 is 5.41 Å². The average molecular weight is 354 g/mol. The van der Waals surface area contributed by atoms with Gasteiger partial charge in [0.25, 0.3) is 0 Å². The summed E-state index contributed by atoms with van der Waals surface area (Å²) in [6, 6.07) is 15.3. The lowest BCUT2D eigenvalue weighted by molar-refractivity contribution is -0.130. The van der Waals surface area contributed by atoms with Crippen LogP contribution in [0.4, 0.5) is 0 Å². The number of nitrogens with one attached hydrogen (secondary N) is 2. The maximum Gasteiger partial charge on any atom is 0.231 e. The number of aromatic amines is 1. The van der Waals surface area contributed by atoms with Crippen LogP contribution in [0.1, 0.15) is 43.6 Å². The summed E-state index contributed by atoms with van der Waals surface area (Å²) in [6.07, 6.45) is 2.76. The lowest BCUT2D eigenvalue weighted by Gasteiger charge is -2.41. The van der Waals surface area contributed by atoms with Crippen LogP contribution in [-0.2, 0) is 10.2 Å². The third kappa shape index (κ3) is 2.81. The van der Waals surface area contributed by atoms with Crippen LogP contribution in [-0.4, -0.2) is 15.9 Å². The smallest absolute Gasteiger partial charge is 0.231 e. The van der Waals surface area contributed by atoms with E-state index >= 15 is 0 Å². The van der Waals surface area contributed by atoms with Gasteiger partial charge in [-0.05, 0) is 49.6 Å². The second kappa shape index (κ2) is 6.19. The van der Waals surface area contributed by atoms with Crippen molar-refractivity contribution < 1.29 is 4.79 Å². The highest BCUT2D eigenvalue weighted by Gasteiger charge is 2.46. The van der Waals surface area contributed by atoms with Gasteiger partial charge >= 0.3 is 0 Å². The molecule has 0 saturated heterocycles. The monoisotopic (exact) mass is 353 g/mol. The predicted octanol–water partition coefficient (Wildman–Crippen LogP) is 4.52. The van der Waals surface area contributed by atoms with Crippen LogP contribution >= 0.6 is 11.6 Å². The van der Waals surface area contributed by atoms with Gasteiger partial charge in [0.15, 0.2) is 0 Å². The van der Waals surface area contributed by atoms with E-state index in [-0.39, 0.29) is 11.9 Å². The summed E-state index contributed by atoms with van der Waals surface area (Å²) in [5.74, 6) is 0.823. The van der Waals surface area contributed by atoms with Crippen molar-refractivity contribution in [3.05, 3.63) is 64.9 Å². The molecule has 1 aromatic heterocycles. The minimum Gasteiger partial charge on any atom is -0.346 e. The topological polar surface area (TPSA) is 57.8 Å². The second-order valence-electron chi connectivity index (χ2n) is 6.78. The van der Waals surface area contributed by atoms with Crippen LogP contribution in [0, 0.1) is 0 Å². The van der Waals surface area contributed by atoms with Crippen molar-refractivity contribution in [2.75, 3.05) is 0 Å². The van der Waals surface area contributed by atoms with Gasteiger partial charge in [0.05, 0.1) is 22.5 Å². The van der Waals surface area contributed by atoms with Gasteiger partial charge in [0.2, 0.25) is 5.91 Å². The zero-order valence-electron chi connectivity index (χ0n) is 14.1. The lowest BCUT2D eigenvalue weighted by atomic mass is 9.63. The maximum atomic E-state index is 13.1. The van der Waals surface area contributed by atoms with E-state index in [4.69, 9.17) is 11.6 Å². The number of fused-ring (bicyclic) bond motifs is 1. The Morgan fingerprint density at radius 3 is 2.72 bits per heavy atom. The number of carbonyl (C=O) groups is 1. The SMILES string of the molecule is CC(NC(=O)C1(c2cccc(Cl)c2)CCC1)c1nc2ccccc2[nH]1. The highest BCUT2D eigenvalue weighted by atomic mass is 35.5. The molecular formula is C20H20ClN3O. The average Bonchev–Trinajstić information content (AvgIpc) is 2.98.